The molecule has 0 aromatic rings. The number of primary amides is 1. The van der Waals surface area contributed by atoms with Crippen LogP contribution < -0.4 is 11.1 Å². The molecule has 1 saturated heterocycles. The van der Waals surface area contributed by atoms with E-state index in [4.69, 9.17) is 5.73 Å². The average molecular weight is 270 g/mol. The van der Waals surface area contributed by atoms with E-state index >= 15 is 0 Å². The van der Waals surface area contributed by atoms with Crippen molar-refractivity contribution < 1.29 is 9.59 Å². The van der Waals surface area contributed by atoms with Gasteiger partial charge in [-0.25, -0.2) is 0 Å². The highest BCUT2D eigenvalue weighted by molar-refractivity contribution is 5.86. The number of hydrogen-bond acceptors (Lipinski definition) is 4. The van der Waals surface area contributed by atoms with Crippen LogP contribution in [0, 0.1) is 0 Å². The van der Waals surface area contributed by atoms with E-state index in [1.165, 1.54) is 0 Å². The lowest BCUT2D eigenvalue weighted by atomic mass is 10.2. The maximum absolute atomic E-state index is 12.4. The number of carbonyl (C=O) groups excluding carboxylic acids is 2. The fourth-order valence-corrected chi connectivity index (χ4v) is 2.29. The topological polar surface area (TPSA) is 78.7 Å². The molecule has 1 unspecified atom stereocenters. The molecule has 110 valence electrons. The zero-order chi connectivity index (χ0) is 14.3. The highest BCUT2D eigenvalue weighted by Gasteiger charge is 2.27. The third-order valence-corrected chi connectivity index (χ3v) is 3.50. The Labute approximate surface area is 115 Å². The Bertz CT molecular complexity index is 303. The molecule has 1 fully saturated rings. The fourth-order valence-electron chi connectivity index (χ4n) is 2.29. The second kappa shape index (κ2) is 8.12. The lowest BCUT2D eigenvalue weighted by molar-refractivity contribution is -0.139. The Kier molecular flexibility index (Phi) is 6.80. The lowest BCUT2D eigenvalue weighted by Gasteiger charge is -2.34. The van der Waals surface area contributed by atoms with E-state index < -0.39 is 5.91 Å². The summed E-state index contributed by atoms with van der Waals surface area (Å²) in [4.78, 5) is 27.3. The number of unbranched alkanes of at least 4 members (excludes halogenated alkanes) is 1. The van der Waals surface area contributed by atoms with Crippen molar-refractivity contribution in [3.05, 3.63) is 0 Å². The molecule has 1 atom stereocenters. The van der Waals surface area contributed by atoms with Gasteiger partial charge >= 0.3 is 0 Å². The molecule has 6 heteroatoms. The van der Waals surface area contributed by atoms with Crippen LogP contribution in [0.3, 0.4) is 0 Å². The second-order valence-corrected chi connectivity index (χ2v) is 5.04. The third kappa shape index (κ3) is 5.16. The molecular formula is C13H26N4O2. The molecule has 1 heterocycles. The van der Waals surface area contributed by atoms with Crippen molar-refractivity contribution in [2.45, 2.75) is 32.7 Å². The van der Waals surface area contributed by atoms with Crippen molar-refractivity contribution in [3.8, 4) is 0 Å². The fraction of sp³-hybridized carbons (Fsp3) is 0.846. The summed E-state index contributed by atoms with van der Waals surface area (Å²) < 4.78 is 0. The summed E-state index contributed by atoms with van der Waals surface area (Å²) in [5, 5.41) is 3.26. The Balaban J connectivity index is 2.59. The maximum atomic E-state index is 12.4. The Hall–Kier alpha value is -1.14. The first-order valence-electron chi connectivity index (χ1n) is 7.08. The van der Waals surface area contributed by atoms with Gasteiger partial charge in [0.15, 0.2) is 0 Å². The summed E-state index contributed by atoms with van der Waals surface area (Å²) in [6.07, 6.45) is 1.89. The molecule has 0 spiro atoms. The molecule has 0 saturated carbocycles. The molecule has 1 rings (SSSR count). The largest absolute Gasteiger partial charge is 0.368 e. The van der Waals surface area contributed by atoms with E-state index in [9.17, 15) is 9.59 Å². The zero-order valence-corrected chi connectivity index (χ0v) is 12.0. The predicted molar refractivity (Wildman–Crippen MR) is 74.6 cm³/mol. The summed E-state index contributed by atoms with van der Waals surface area (Å²) >= 11 is 0. The molecule has 2 amide bonds. The number of carbonyl (C=O) groups is 2. The summed E-state index contributed by atoms with van der Waals surface area (Å²) in [6, 6.07) is -0.182. The highest BCUT2D eigenvalue weighted by Crippen LogP contribution is 2.07. The first-order chi connectivity index (χ1) is 9.06. The average Bonchev–Trinajstić information content (AvgIpc) is 2.42. The molecule has 0 aromatic heterocycles. The van der Waals surface area contributed by atoms with Crippen LogP contribution in [0.5, 0.6) is 0 Å². The van der Waals surface area contributed by atoms with E-state index in [1.54, 1.807) is 4.90 Å². The van der Waals surface area contributed by atoms with E-state index in [0.717, 1.165) is 39.0 Å². The second-order valence-electron chi connectivity index (χ2n) is 5.04. The van der Waals surface area contributed by atoms with Gasteiger partial charge in [-0.05, 0) is 13.3 Å². The number of nitrogens with one attached hydrogen (secondary N) is 1. The summed E-state index contributed by atoms with van der Waals surface area (Å²) in [7, 11) is 0. The number of nitrogens with two attached hydrogens (primary N) is 1. The molecule has 0 aromatic carbocycles. The first-order valence-corrected chi connectivity index (χ1v) is 7.08. The van der Waals surface area contributed by atoms with Gasteiger partial charge in [0.25, 0.3) is 0 Å². The van der Waals surface area contributed by atoms with Gasteiger partial charge in [-0.15, -0.1) is 0 Å². The van der Waals surface area contributed by atoms with Crippen molar-refractivity contribution in [2.75, 3.05) is 39.3 Å². The highest BCUT2D eigenvalue weighted by atomic mass is 16.2. The minimum atomic E-state index is -0.447. The van der Waals surface area contributed by atoms with Gasteiger partial charge in [-0.2, -0.15) is 0 Å². The zero-order valence-electron chi connectivity index (χ0n) is 12.0. The van der Waals surface area contributed by atoms with Crippen molar-refractivity contribution in [2.24, 2.45) is 5.73 Å². The number of rotatable bonds is 7. The molecule has 3 N–H and O–H groups in total. The molecule has 0 aliphatic carbocycles. The molecule has 19 heavy (non-hydrogen) atoms. The molecule has 0 radical (unpaired) electrons. The van der Waals surface area contributed by atoms with Crippen LogP contribution >= 0.6 is 0 Å². The van der Waals surface area contributed by atoms with Gasteiger partial charge in [0.05, 0.1) is 12.6 Å². The van der Waals surface area contributed by atoms with Crippen LogP contribution in [-0.4, -0.2) is 66.9 Å². The molecule has 6 nitrogen and oxygen atoms in total. The van der Waals surface area contributed by atoms with Gasteiger partial charge in [0.1, 0.15) is 0 Å². The van der Waals surface area contributed by atoms with Crippen LogP contribution in [0.2, 0.25) is 0 Å². The molecule has 1 aliphatic heterocycles. The van der Waals surface area contributed by atoms with Gasteiger partial charge in [-0.3, -0.25) is 14.5 Å². The Morgan fingerprint density at radius 1 is 1.37 bits per heavy atom. The summed E-state index contributed by atoms with van der Waals surface area (Å²) in [5.74, 6) is -0.439. The number of piperazine rings is 1. The van der Waals surface area contributed by atoms with Crippen LogP contribution in [0.4, 0.5) is 0 Å². The monoisotopic (exact) mass is 270 g/mol. The van der Waals surface area contributed by atoms with Crippen LogP contribution in [0.1, 0.15) is 26.7 Å². The first kappa shape index (κ1) is 15.9. The minimum absolute atomic E-state index is 0.00847. The molecule has 0 bridgehead atoms. The van der Waals surface area contributed by atoms with Crippen molar-refractivity contribution in [3.63, 3.8) is 0 Å². The summed E-state index contributed by atoms with van der Waals surface area (Å²) in [6.45, 7) is 8.14. The van der Waals surface area contributed by atoms with Crippen LogP contribution in [0.15, 0.2) is 0 Å². The van der Waals surface area contributed by atoms with Crippen LogP contribution in [-0.2, 0) is 9.59 Å². The van der Waals surface area contributed by atoms with Crippen LogP contribution in [0.25, 0.3) is 0 Å². The van der Waals surface area contributed by atoms with Gasteiger partial charge in [-0.1, -0.05) is 13.3 Å². The van der Waals surface area contributed by atoms with Crippen molar-refractivity contribution in [1.29, 1.82) is 0 Å². The minimum Gasteiger partial charge on any atom is -0.368 e. The number of nitrogens with zero attached hydrogens (tertiary/aromatic N) is 2. The lowest BCUT2D eigenvalue weighted by Crippen LogP contribution is -2.54. The predicted octanol–water partition coefficient (Wildman–Crippen LogP) is -0.606. The van der Waals surface area contributed by atoms with Crippen molar-refractivity contribution in [1.82, 2.24) is 15.1 Å². The molecule has 1 aliphatic rings. The number of hydrogen-bond donors (Lipinski definition) is 2. The number of amides is 2. The van der Waals surface area contributed by atoms with E-state index in [0.29, 0.717) is 6.54 Å². The standard InChI is InChI=1S/C13H26N4O2/c1-3-4-7-17(10-12(14)18)13(19)11(2)16-8-5-15-6-9-16/h11,15H,3-10H2,1-2H3,(H2,14,18). The van der Waals surface area contributed by atoms with E-state index in [-0.39, 0.29) is 18.5 Å². The van der Waals surface area contributed by atoms with Gasteiger partial charge in [0, 0.05) is 32.7 Å². The molecular weight excluding hydrogens is 244 g/mol. The van der Waals surface area contributed by atoms with E-state index in [1.807, 2.05) is 6.92 Å². The quantitative estimate of drug-likeness (QED) is 0.647. The summed E-state index contributed by atoms with van der Waals surface area (Å²) in [5.41, 5.74) is 5.23. The SMILES string of the molecule is CCCCN(CC(N)=O)C(=O)C(C)N1CCNCC1. The maximum Gasteiger partial charge on any atom is 0.240 e. The normalized spacial score (nSPS) is 18.0. The Morgan fingerprint density at radius 3 is 2.53 bits per heavy atom. The smallest absolute Gasteiger partial charge is 0.240 e. The third-order valence-electron chi connectivity index (χ3n) is 3.50. The Morgan fingerprint density at radius 2 is 2.00 bits per heavy atom. The van der Waals surface area contributed by atoms with Gasteiger partial charge in [0.2, 0.25) is 11.8 Å². The van der Waals surface area contributed by atoms with Gasteiger partial charge < -0.3 is 16.0 Å². The van der Waals surface area contributed by atoms with Crippen molar-refractivity contribution >= 4 is 11.8 Å². The van der Waals surface area contributed by atoms with E-state index in [2.05, 4.69) is 17.1 Å².